The molecule has 9 heteroatoms. The van der Waals surface area contributed by atoms with Gasteiger partial charge in [0.1, 0.15) is 23.3 Å². The predicted octanol–water partition coefficient (Wildman–Crippen LogP) is 5.03. The molecule has 0 saturated carbocycles. The molecule has 1 aliphatic rings. The number of furan rings is 1. The zero-order chi connectivity index (χ0) is 27.0. The minimum atomic E-state index is -0.757. The second-order valence-corrected chi connectivity index (χ2v) is 10.2. The molecule has 194 valence electrons. The Morgan fingerprint density at radius 1 is 1.18 bits per heavy atom. The van der Waals surface area contributed by atoms with E-state index in [0.717, 1.165) is 11.1 Å². The third-order valence-corrected chi connectivity index (χ3v) is 7.52. The topological polar surface area (TPSA) is 83.0 Å². The lowest BCUT2D eigenvalue weighted by Gasteiger charge is -2.25. The average molecular weight is 549 g/mol. The zero-order valence-electron chi connectivity index (χ0n) is 21.3. The highest BCUT2D eigenvalue weighted by molar-refractivity contribution is 7.07. The molecule has 0 amide bonds. The number of hydrogen-bond donors (Lipinski definition) is 0. The third kappa shape index (κ3) is 4.61. The number of halogens is 1. The standard InChI is InChI=1S/C29H25ClN2O5S/c1-5-36-28(34)25-17(3)31-29-32(26(25)21-8-6-7-9-22(21)35-4)27(33)24(38-29)15-19-11-13-23(37-19)20-12-10-18(30)14-16(20)2/h6-15,26H,5H2,1-4H3/b24-15+. The Balaban J connectivity index is 1.66. The maximum atomic E-state index is 13.8. The van der Waals surface area contributed by atoms with E-state index < -0.39 is 12.0 Å². The van der Waals surface area contributed by atoms with E-state index in [9.17, 15) is 9.59 Å². The Labute approximate surface area is 227 Å². The number of ether oxygens (including phenoxy) is 2. The Hall–Kier alpha value is -3.88. The normalized spacial score (nSPS) is 15.3. The van der Waals surface area contributed by atoms with Crippen molar-refractivity contribution in [2.75, 3.05) is 13.7 Å². The molecule has 3 heterocycles. The Kier molecular flexibility index (Phi) is 7.10. The summed E-state index contributed by atoms with van der Waals surface area (Å²) in [6, 6.07) is 15.8. The number of carbonyl (C=O) groups excluding carboxylic acids is 1. The number of aryl methyl sites for hydroxylation is 1. The fraction of sp³-hybridized carbons (Fsp3) is 0.207. The van der Waals surface area contributed by atoms with E-state index >= 15 is 0 Å². The first-order valence-electron chi connectivity index (χ1n) is 12.0. The van der Waals surface area contributed by atoms with Crippen molar-refractivity contribution in [2.45, 2.75) is 26.8 Å². The molecule has 0 radical (unpaired) electrons. The molecule has 38 heavy (non-hydrogen) atoms. The van der Waals surface area contributed by atoms with Crippen LogP contribution in [0.25, 0.3) is 17.4 Å². The van der Waals surface area contributed by atoms with Crippen LogP contribution in [-0.4, -0.2) is 24.3 Å². The fourth-order valence-electron chi connectivity index (χ4n) is 4.59. The van der Waals surface area contributed by atoms with Gasteiger partial charge in [-0.1, -0.05) is 41.1 Å². The van der Waals surface area contributed by atoms with Crippen LogP contribution < -0.4 is 19.6 Å². The van der Waals surface area contributed by atoms with E-state index in [0.29, 0.717) is 48.5 Å². The summed E-state index contributed by atoms with van der Waals surface area (Å²) in [5.74, 6) is 1.23. The summed E-state index contributed by atoms with van der Waals surface area (Å²) >= 11 is 7.33. The second-order valence-electron chi connectivity index (χ2n) is 8.71. The third-order valence-electron chi connectivity index (χ3n) is 6.30. The quantitative estimate of drug-likeness (QED) is 0.316. The number of thiazole rings is 1. The van der Waals surface area contributed by atoms with E-state index in [-0.39, 0.29) is 12.2 Å². The van der Waals surface area contributed by atoms with E-state index in [4.69, 9.17) is 25.5 Å². The molecule has 0 spiro atoms. The monoisotopic (exact) mass is 548 g/mol. The van der Waals surface area contributed by atoms with Crippen LogP contribution in [0.5, 0.6) is 5.75 Å². The minimum absolute atomic E-state index is 0.201. The van der Waals surface area contributed by atoms with Crippen molar-refractivity contribution in [3.05, 3.63) is 107 Å². The van der Waals surface area contributed by atoms with Crippen molar-refractivity contribution in [1.29, 1.82) is 0 Å². The van der Waals surface area contributed by atoms with Gasteiger partial charge in [-0.05, 0) is 62.7 Å². The second kappa shape index (κ2) is 10.5. The van der Waals surface area contributed by atoms with Crippen LogP contribution >= 0.6 is 22.9 Å². The molecule has 1 atom stereocenters. The van der Waals surface area contributed by atoms with Gasteiger partial charge in [0.2, 0.25) is 0 Å². The number of allylic oxidation sites excluding steroid dienone is 1. The number of carbonyl (C=O) groups is 1. The molecule has 0 bridgehead atoms. The van der Waals surface area contributed by atoms with Crippen LogP contribution in [0.4, 0.5) is 0 Å². The van der Waals surface area contributed by atoms with E-state index in [1.54, 1.807) is 33.1 Å². The largest absolute Gasteiger partial charge is 0.496 e. The van der Waals surface area contributed by atoms with Gasteiger partial charge in [-0.15, -0.1) is 0 Å². The molecule has 5 rings (SSSR count). The lowest BCUT2D eigenvalue weighted by molar-refractivity contribution is -0.139. The van der Waals surface area contributed by atoms with Crippen LogP contribution in [0.15, 0.2) is 80.1 Å². The van der Waals surface area contributed by atoms with Crippen molar-refractivity contribution in [1.82, 2.24) is 4.57 Å². The van der Waals surface area contributed by atoms with Gasteiger partial charge in [0.15, 0.2) is 4.80 Å². The van der Waals surface area contributed by atoms with Gasteiger partial charge in [-0.2, -0.15) is 0 Å². The predicted molar refractivity (Wildman–Crippen MR) is 147 cm³/mol. The summed E-state index contributed by atoms with van der Waals surface area (Å²) in [6.07, 6.45) is 1.70. The number of nitrogens with zero attached hydrogens (tertiary/aromatic N) is 2. The summed E-state index contributed by atoms with van der Waals surface area (Å²) < 4.78 is 19.0. The summed E-state index contributed by atoms with van der Waals surface area (Å²) in [6.45, 7) is 5.65. The highest BCUT2D eigenvalue weighted by atomic mass is 35.5. The van der Waals surface area contributed by atoms with Gasteiger partial charge in [0.25, 0.3) is 5.56 Å². The first-order chi connectivity index (χ1) is 18.3. The van der Waals surface area contributed by atoms with Crippen LogP contribution in [0.2, 0.25) is 5.02 Å². The van der Waals surface area contributed by atoms with Crippen LogP contribution in [0, 0.1) is 6.92 Å². The molecule has 4 aromatic rings. The van der Waals surface area contributed by atoms with Gasteiger partial charge >= 0.3 is 5.97 Å². The van der Waals surface area contributed by atoms with Gasteiger partial charge < -0.3 is 13.9 Å². The number of benzene rings is 2. The number of hydrogen-bond acceptors (Lipinski definition) is 7. The molecular formula is C29H25ClN2O5S. The molecule has 1 aliphatic heterocycles. The minimum Gasteiger partial charge on any atom is -0.496 e. The SMILES string of the molecule is CCOC(=O)C1=C(C)N=c2s/c(=C/c3ccc(-c4ccc(Cl)cc4C)o3)c(=O)n2C1c1ccccc1OC. The van der Waals surface area contributed by atoms with Crippen molar-refractivity contribution in [2.24, 2.45) is 4.99 Å². The number of para-hydroxylation sites is 1. The Bertz CT molecular complexity index is 1760. The number of fused-ring (bicyclic) bond motifs is 1. The molecule has 0 fully saturated rings. The van der Waals surface area contributed by atoms with E-state index in [1.165, 1.54) is 15.9 Å². The van der Waals surface area contributed by atoms with E-state index in [1.807, 2.05) is 55.5 Å². The molecule has 2 aromatic heterocycles. The van der Waals surface area contributed by atoms with E-state index in [2.05, 4.69) is 4.99 Å². The molecular weight excluding hydrogens is 524 g/mol. The van der Waals surface area contributed by atoms with Crippen LogP contribution in [-0.2, 0) is 9.53 Å². The summed E-state index contributed by atoms with van der Waals surface area (Å²) in [4.78, 5) is 32.0. The lowest BCUT2D eigenvalue weighted by atomic mass is 9.95. The Morgan fingerprint density at radius 2 is 1.97 bits per heavy atom. The molecule has 1 unspecified atom stereocenters. The van der Waals surface area contributed by atoms with Gasteiger partial charge in [-0.25, -0.2) is 9.79 Å². The van der Waals surface area contributed by atoms with Crippen molar-refractivity contribution in [3.63, 3.8) is 0 Å². The van der Waals surface area contributed by atoms with Crippen LogP contribution in [0.3, 0.4) is 0 Å². The highest BCUT2D eigenvalue weighted by Crippen LogP contribution is 2.35. The van der Waals surface area contributed by atoms with Crippen molar-refractivity contribution in [3.8, 4) is 17.1 Å². The summed E-state index contributed by atoms with van der Waals surface area (Å²) in [5, 5.41) is 0.654. The molecule has 0 saturated heterocycles. The number of esters is 1. The van der Waals surface area contributed by atoms with Gasteiger partial charge in [0, 0.05) is 22.2 Å². The number of methoxy groups -OCH3 is 1. The zero-order valence-corrected chi connectivity index (χ0v) is 22.9. The summed E-state index contributed by atoms with van der Waals surface area (Å²) in [7, 11) is 1.56. The molecule has 0 aliphatic carbocycles. The van der Waals surface area contributed by atoms with Gasteiger partial charge in [0.05, 0.1) is 29.5 Å². The van der Waals surface area contributed by atoms with Crippen molar-refractivity contribution < 1.29 is 18.7 Å². The maximum absolute atomic E-state index is 13.8. The highest BCUT2D eigenvalue weighted by Gasteiger charge is 2.35. The average Bonchev–Trinajstić information content (AvgIpc) is 3.47. The number of rotatable bonds is 6. The van der Waals surface area contributed by atoms with Crippen LogP contribution in [0.1, 0.15) is 36.8 Å². The molecule has 0 N–H and O–H groups in total. The maximum Gasteiger partial charge on any atom is 0.338 e. The first kappa shape index (κ1) is 25.8. The van der Waals surface area contributed by atoms with Gasteiger partial charge in [-0.3, -0.25) is 9.36 Å². The van der Waals surface area contributed by atoms with Crippen molar-refractivity contribution >= 4 is 35.0 Å². The smallest absolute Gasteiger partial charge is 0.338 e. The molecule has 2 aromatic carbocycles. The summed E-state index contributed by atoms with van der Waals surface area (Å²) in [5.41, 5.74) is 3.07. The Morgan fingerprint density at radius 3 is 2.71 bits per heavy atom. The first-order valence-corrected chi connectivity index (χ1v) is 13.2. The number of aromatic nitrogens is 1. The molecule has 7 nitrogen and oxygen atoms in total. The fourth-order valence-corrected chi connectivity index (χ4v) is 5.84. The lowest BCUT2D eigenvalue weighted by Crippen LogP contribution is -2.40.